The highest BCUT2D eigenvalue weighted by Gasteiger charge is 1.97. The van der Waals surface area contributed by atoms with Gasteiger partial charge in [0.2, 0.25) is 0 Å². The molecule has 0 saturated heterocycles. The van der Waals surface area contributed by atoms with Crippen LogP contribution in [0.3, 0.4) is 0 Å². The van der Waals surface area contributed by atoms with Crippen LogP contribution in [0.15, 0.2) is 42.5 Å². The van der Waals surface area contributed by atoms with E-state index in [2.05, 4.69) is 47.8 Å². The molecule has 0 unspecified atom stereocenters. The Morgan fingerprint density at radius 2 is 1.86 bits per heavy atom. The van der Waals surface area contributed by atoms with Crippen molar-refractivity contribution in [2.45, 2.75) is 0 Å². The van der Waals surface area contributed by atoms with Crippen molar-refractivity contribution in [2.24, 2.45) is 5.73 Å². The van der Waals surface area contributed by atoms with Crippen molar-refractivity contribution in [1.82, 2.24) is 0 Å². The molecular weight excluding hydrogens is 172 g/mol. The van der Waals surface area contributed by atoms with Gasteiger partial charge in [-0.1, -0.05) is 36.4 Å². The summed E-state index contributed by atoms with van der Waals surface area (Å²) < 4.78 is 0. The Bertz CT molecular complexity index is 427. The fourth-order valence-corrected chi connectivity index (χ4v) is 1.59. The van der Waals surface area contributed by atoms with E-state index in [0.717, 1.165) is 12.2 Å². The lowest BCUT2D eigenvalue weighted by Crippen LogP contribution is -2.13. The number of hydrogen-bond acceptors (Lipinski definition) is 2. The topological polar surface area (TPSA) is 38.0 Å². The molecule has 0 aliphatic rings. The predicted octanol–water partition coefficient (Wildman–Crippen LogP) is 2.70. The van der Waals surface area contributed by atoms with E-state index in [1.807, 2.05) is 0 Å². The maximum absolute atomic E-state index is 5.46. The van der Waals surface area contributed by atoms with Crippen molar-refractivity contribution >= 4 is 16.5 Å². The molecule has 76 valence electrons. The molecular formula is C12H18N2. The molecule has 2 aromatic rings. The van der Waals surface area contributed by atoms with Crippen molar-refractivity contribution in [3.05, 3.63) is 42.5 Å². The molecule has 2 rings (SSSR count). The van der Waals surface area contributed by atoms with E-state index in [4.69, 9.17) is 5.73 Å². The van der Waals surface area contributed by atoms with Crippen LogP contribution >= 0.6 is 0 Å². The molecule has 0 heterocycles. The van der Waals surface area contributed by atoms with Gasteiger partial charge >= 0.3 is 0 Å². The van der Waals surface area contributed by atoms with E-state index in [0.29, 0.717) is 6.54 Å². The first kappa shape index (κ1) is 9.03. The van der Waals surface area contributed by atoms with Crippen molar-refractivity contribution in [1.29, 1.82) is 0 Å². The molecule has 0 fully saturated rings. The van der Waals surface area contributed by atoms with Crippen molar-refractivity contribution in [2.75, 3.05) is 18.4 Å². The Morgan fingerprint density at radius 3 is 2.71 bits per heavy atom. The summed E-state index contributed by atoms with van der Waals surface area (Å²) in [5.41, 5.74) is 6.62. The molecule has 0 saturated carbocycles. The van der Waals surface area contributed by atoms with Crippen LogP contribution in [-0.2, 0) is 0 Å². The van der Waals surface area contributed by atoms with E-state index in [-0.39, 0.29) is 2.85 Å². The van der Waals surface area contributed by atoms with E-state index < -0.39 is 0 Å². The van der Waals surface area contributed by atoms with E-state index in [9.17, 15) is 0 Å². The van der Waals surface area contributed by atoms with Crippen LogP contribution in [0.1, 0.15) is 2.85 Å². The molecule has 0 aliphatic heterocycles. The molecule has 0 amide bonds. The molecule has 0 aliphatic carbocycles. The quantitative estimate of drug-likeness (QED) is 0.781. The third kappa shape index (κ3) is 1.70. The van der Waals surface area contributed by atoms with Crippen molar-refractivity contribution < 1.29 is 2.85 Å². The number of anilines is 1. The van der Waals surface area contributed by atoms with Crippen molar-refractivity contribution in [3.63, 3.8) is 0 Å². The second-order valence-corrected chi connectivity index (χ2v) is 3.24. The monoisotopic (exact) mass is 190 g/mol. The summed E-state index contributed by atoms with van der Waals surface area (Å²) in [4.78, 5) is 0. The van der Waals surface area contributed by atoms with Gasteiger partial charge in [-0.3, -0.25) is 0 Å². The van der Waals surface area contributed by atoms with Gasteiger partial charge in [0.25, 0.3) is 0 Å². The van der Waals surface area contributed by atoms with Crippen molar-refractivity contribution in [3.8, 4) is 0 Å². The SMILES string of the molecule is NCCNc1cccc2ccccc12.[HH].[HH]. The van der Waals surface area contributed by atoms with Crippen LogP contribution in [-0.4, -0.2) is 13.1 Å². The van der Waals surface area contributed by atoms with Gasteiger partial charge in [-0.25, -0.2) is 0 Å². The number of hydrogen-bond donors (Lipinski definition) is 2. The van der Waals surface area contributed by atoms with Crippen LogP contribution in [0.25, 0.3) is 10.8 Å². The first-order valence-corrected chi connectivity index (χ1v) is 4.83. The average molecular weight is 190 g/mol. The zero-order valence-electron chi connectivity index (χ0n) is 8.03. The van der Waals surface area contributed by atoms with Gasteiger partial charge in [-0.2, -0.15) is 0 Å². The van der Waals surface area contributed by atoms with E-state index in [1.54, 1.807) is 0 Å². The molecule has 14 heavy (non-hydrogen) atoms. The molecule has 0 radical (unpaired) electrons. The van der Waals surface area contributed by atoms with Crippen LogP contribution in [0.2, 0.25) is 0 Å². The fraction of sp³-hybridized carbons (Fsp3) is 0.167. The van der Waals surface area contributed by atoms with Crippen LogP contribution in [0.4, 0.5) is 5.69 Å². The summed E-state index contributed by atoms with van der Waals surface area (Å²) in [7, 11) is 0. The van der Waals surface area contributed by atoms with Gasteiger partial charge in [0.05, 0.1) is 0 Å². The summed E-state index contributed by atoms with van der Waals surface area (Å²) >= 11 is 0. The van der Waals surface area contributed by atoms with Crippen LogP contribution in [0.5, 0.6) is 0 Å². The van der Waals surface area contributed by atoms with Crippen LogP contribution < -0.4 is 11.1 Å². The zero-order chi connectivity index (χ0) is 9.80. The molecule has 2 nitrogen and oxygen atoms in total. The second-order valence-electron chi connectivity index (χ2n) is 3.24. The predicted molar refractivity (Wildman–Crippen MR) is 65.7 cm³/mol. The minimum Gasteiger partial charge on any atom is -0.383 e. The second kappa shape index (κ2) is 4.11. The summed E-state index contributed by atoms with van der Waals surface area (Å²) in [6, 6.07) is 14.6. The Balaban J connectivity index is 0.00000112. The smallest absolute Gasteiger partial charge is 0.0420 e. The number of benzene rings is 2. The lowest BCUT2D eigenvalue weighted by molar-refractivity contribution is 1.03. The molecule has 0 atom stereocenters. The lowest BCUT2D eigenvalue weighted by atomic mass is 10.1. The molecule has 0 spiro atoms. The maximum Gasteiger partial charge on any atom is 0.0420 e. The zero-order valence-corrected chi connectivity index (χ0v) is 8.03. The average Bonchev–Trinajstić information content (AvgIpc) is 2.26. The van der Waals surface area contributed by atoms with Gasteiger partial charge in [-0.15, -0.1) is 0 Å². The Labute approximate surface area is 86.7 Å². The Morgan fingerprint density at radius 1 is 1.07 bits per heavy atom. The number of fused-ring (bicyclic) bond motifs is 1. The molecule has 0 aromatic heterocycles. The molecule has 3 N–H and O–H groups in total. The molecule has 0 bridgehead atoms. The highest BCUT2D eigenvalue weighted by molar-refractivity contribution is 5.93. The third-order valence-corrected chi connectivity index (χ3v) is 2.25. The lowest BCUT2D eigenvalue weighted by Gasteiger charge is -2.08. The highest BCUT2D eigenvalue weighted by Crippen LogP contribution is 2.22. The minimum atomic E-state index is 0. The first-order valence-electron chi connectivity index (χ1n) is 4.83. The summed E-state index contributed by atoms with van der Waals surface area (Å²) in [6.45, 7) is 1.47. The number of nitrogens with one attached hydrogen (secondary N) is 1. The van der Waals surface area contributed by atoms with E-state index in [1.165, 1.54) is 10.8 Å². The number of nitrogens with two attached hydrogens (primary N) is 1. The first-order chi connectivity index (χ1) is 6.92. The van der Waals surface area contributed by atoms with E-state index >= 15 is 0 Å². The maximum atomic E-state index is 5.46. The van der Waals surface area contributed by atoms with Gasteiger partial charge in [0.1, 0.15) is 0 Å². The summed E-state index contributed by atoms with van der Waals surface area (Å²) in [5.74, 6) is 0. The molecule has 2 heteroatoms. The Hall–Kier alpha value is -1.54. The van der Waals surface area contributed by atoms with Gasteiger partial charge < -0.3 is 11.1 Å². The standard InChI is InChI=1S/C12H14N2.2H2/c13-8-9-14-12-7-3-5-10-4-1-2-6-11(10)12;;/h1-7,14H,8-9,13H2;2*1H. The third-order valence-electron chi connectivity index (χ3n) is 2.25. The fourth-order valence-electron chi connectivity index (χ4n) is 1.59. The van der Waals surface area contributed by atoms with Gasteiger partial charge in [0.15, 0.2) is 0 Å². The highest BCUT2D eigenvalue weighted by atomic mass is 14.9. The largest absolute Gasteiger partial charge is 0.383 e. The molecule has 2 aromatic carbocycles. The Kier molecular flexibility index (Phi) is 2.65. The summed E-state index contributed by atoms with van der Waals surface area (Å²) in [6.07, 6.45) is 0. The summed E-state index contributed by atoms with van der Waals surface area (Å²) in [5, 5.41) is 5.82. The normalized spacial score (nSPS) is 10.4. The van der Waals surface area contributed by atoms with Gasteiger partial charge in [0, 0.05) is 27.0 Å². The van der Waals surface area contributed by atoms with Gasteiger partial charge in [-0.05, 0) is 11.5 Å². The minimum absolute atomic E-state index is 0. The van der Waals surface area contributed by atoms with Crippen LogP contribution in [0, 0.1) is 0 Å². The number of rotatable bonds is 3.